The van der Waals surface area contributed by atoms with Crippen LogP contribution in [0.2, 0.25) is 0 Å². The fraction of sp³-hybridized carbons (Fsp3) is 0.500. The molecular formula is C10H15ClN4O2. The van der Waals surface area contributed by atoms with Gasteiger partial charge in [-0.25, -0.2) is 9.48 Å². The fourth-order valence-electron chi connectivity index (χ4n) is 1.25. The molecule has 0 saturated heterocycles. The number of urea groups is 1. The third-order valence-electron chi connectivity index (χ3n) is 1.98. The SMILES string of the molecule is CC(C)n1nccc1NC(=O)NC(=O)CCCl. The largest absolute Gasteiger partial charge is 0.327 e. The summed E-state index contributed by atoms with van der Waals surface area (Å²) in [7, 11) is 0. The Kier molecular flexibility index (Phi) is 4.96. The lowest BCUT2D eigenvalue weighted by Crippen LogP contribution is -2.35. The molecule has 0 aliphatic rings. The minimum atomic E-state index is -0.581. The van der Waals surface area contributed by atoms with Gasteiger partial charge in [-0.1, -0.05) is 0 Å². The Balaban J connectivity index is 2.56. The monoisotopic (exact) mass is 258 g/mol. The molecule has 0 spiro atoms. The zero-order valence-electron chi connectivity index (χ0n) is 9.74. The van der Waals surface area contributed by atoms with Gasteiger partial charge in [0.05, 0.1) is 6.20 Å². The van der Waals surface area contributed by atoms with Crippen LogP contribution in [0.4, 0.5) is 10.6 Å². The number of imide groups is 1. The molecule has 0 bridgehead atoms. The predicted molar refractivity (Wildman–Crippen MR) is 65.1 cm³/mol. The maximum atomic E-state index is 11.4. The van der Waals surface area contributed by atoms with Gasteiger partial charge < -0.3 is 0 Å². The van der Waals surface area contributed by atoms with Crippen molar-refractivity contribution in [1.29, 1.82) is 0 Å². The van der Waals surface area contributed by atoms with Crippen molar-refractivity contribution >= 4 is 29.4 Å². The Hall–Kier alpha value is -1.56. The van der Waals surface area contributed by atoms with E-state index in [1.54, 1.807) is 16.9 Å². The highest BCUT2D eigenvalue weighted by Crippen LogP contribution is 2.12. The van der Waals surface area contributed by atoms with Gasteiger partial charge in [-0.2, -0.15) is 5.10 Å². The molecule has 0 fully saturated rings. The first-order valence-corrected chi connectivity index (χ1v) is 5.78. The first-order chi connectivity index (χ1) is 8.04. The van der Waals surface area contributed by atoms with Gasteiger partial charge in [-0.05, 0) is 13.8 Å². The normalized spacial score (nSPS) is 10.4. The van der Waals surface area contributed by atoms with Gasteiger partial charge in [0.1, 0.15) is 5.82 Å². The molecule has 94 valence electrons. The lowest BCUT2D eigenvalue weighted by molar-refractivity contribution is -0.119. The van der Waals surface area contributed by atoms with Crippen molar-refractivity contribution in [2.24, 2.45) is 0 Å². The number of amides is 3. The molecule has 1 aromatic rings. The number of halogens is 1. The highest BCUT2D eigenvalue weighted by Gasteiger charge is 2.11. The van der Waals surface area contributed by atoms with E-state index in [-0.39, 0.29) is 18.3 Å². The second-order valence-corrected chi connectivity index (χ2v) is 4.07. The minimum absolute atomic E-state index is 0.110. The van der Waals surface area contributed by atoms with Crippen LogP contribution in [0.5, 0.6) is 0 Å². The molecule has 0 unspecified atom stereocenters. The highest BCUT2D eigenvalue weighted by atomic mass is 35.5. The lowest BCUT2D eigenvalue weighted by Gasteiger charge is -2.11. The Morgan fingerprint density at radius 2 is 2.24 bits per heavy atom. The summed E-state index contributed by atoms with van der Waals surface area (Å²) < 4.78 is 1.64. The first-order valence-electron chi connectivity index (χ1n) is 5.25. The number of nitrogens with zero attached hydrogens (tertiary/aromatic N) is 2. The van der Waals surface area contributed by atoms with Crippen LogP contribution < -0.4 is 10.6 Å². The number of nitrogens with one attached hydrogen (secondary N) is 2. The molecule has 0 aliphatic heterocycles. The second-order valence-electron chi connectivity index (χ2n) is 3.70. The van der Waals surface area contributed by atoms with E-state index in [0.717, 1.165) is 0 Å². The van der Waals surface area contributed by atoms with Crippen LogP contribution in [-0.4, -0.2) is 27.6 Å². The lowest BCUT2D eigenvalue weighted by atomic mass is 10.4. The van der Waals surface area contributed by atoms with Crippen LogP contribution in [0.3, 0.4) is 0 Å². The predicted octanol–water partition coefficient (Wildman–Crippen LogP) is 1.74. The van der Waals surface area contributed by atoms with Gasteiger partial charge in [0.15, 0.2) is 0 Å². The molecule has 2 N–H and O–H groups in total. The third kappa shape index (κ3) is 4.07. The van der Waals surface area contributed by atoms with Gasteiger partial charge in [-0.15, -0.1) is 11.6 Å². The topological polar surface area (TPSA) is 76.0 Å². The Morgan fingerprint density at radius 3 is 2.82 bits per heavy atom. The minimum Gasteiger partial charge on any atom is -0.292 e. The van der Waals surface area contributed by atoms with Crippen molar-refractivity contribution in [3.8, 4) is 0 Å². The summed E-state index contributed by atoms with van der Waals surface area (Å²) in [5.41, 5.74) is 0. The number of hydrogen-bond acceptors (Lipinski definition) is 3. The van der Waals surface area contributed by atoms with Crippen molar-refractivity contribution in [3.63, 3.8) is 0 Å². The van der Waals surface area contributed by atoms with Crippen LogP contribution in [0, 0.1) is 0 Å². The van der Waals surface area contributed by atoms with E-state index in [1.165, 1.54) is 0 Å². The second kappa shape index (κ2) is 6.24. The van der Waals surface area contributed by atoms with Crippen molar-refractivity contribution in [3.05, 3.63) is 12.3 Å². The Labute approximate surface area is 104 Å². The van der Waals surface area contributed by atoms with Crippen molar-refractivity contribution in [1.82, 2.24) is 15.1 Å². The van der Waals surface area contributed by atoms with Gasteiger partial charge in [0.2, 0.25) is 5.91 Å². The number of alkyl halides is 1. The smallest absolute Gasteiger partial charge is 0.292 e. The first kappa shape index (κ1) is 13.5. The molecule has 0 radical (unpaired) electrons. The summed E-state index contributed by atoms with van der Waals surface area (Å²) in [6, 6.07) is 1.20. The van der Waals surface area contributed by atoms with E-state index in [1.807, 2.05) is 13.8 Å². The molecule has 0 aliphatic carbocycles. The van der Waals surface area contributed by atoms with Crippen LogP contribution >= 0.6 is 11.6 Å². The van der Waals surface area contributed by atoms with E-state index in [0.29, 0.717) is 5.82 Å². The molecule has 1 heterocycles. The van der Waals surface area contributed by atoms with E-state index in [9.17, 15) is 9.59 Å². The molecule has 6 nitrogen and oxygen atoms in total. The number of carbonyl (C=O) groups excluding carboxylic acids is 2. The zero-order chi connectivity index (χ0) is 12.8. The van der Waals surface area contributed by atoms with Crippen LogP contribution in [-0.2, 0) is 4.79 Å². The van der Waals surface area contributed by atoms with E-state index >= 15 is 0 Å². The number of carbonyl (C=O) groups is 2. The molecule has 1 rings (SSSR count). The number of hydrogen-bond donors (Lipinski definition) is 2. The summed E-state index contributed by atoms with van der Waals surface area (Å²) in [6.45, 7) is 3.88. The zero-order valence-corrected chi connectivity index (χ0v) is 10.5. The highest BCUT2D eigenvalue weighted by molar-refractivity contribution is 6.19. The van der Waals surface area contributed by atoms with E-state index in [4.69, 9.17) is 11.6 Å². The summed E-state index contributed by atoms with van der Waals surface area (Å²) >= 11 is 5.38. The van der Waals surface area contributed by atoms with Crippen molar-refractivity contribution in [2.75, 3.05) is 11.2 Å². The number of rotatable bonds is 4. The molecule has 3 amide bonds. The van der Waals surface area contributed by atoms with E-state index in [2.05, 4.69) is 15.7 Å². The van der Waals surface area contributed by atoms with Crippen LogP contribution in [0.15, 0.2) is 12.3 Å². The standard InChI is InChI=1S/C10H15ClN4O2/c1-7(2)15-8(4-6-12-15)13-10(17)14-9(16)3-5-11/h4,6-7H,3,5H2,1-2H3,(H2,13,14,16,17). The van der Waals surface area contributed by atoms with Gasteiger partial charge in [-0.3, -0.25) is 15.4 Å². The summed E-state index contributed by atoms with van der Waals surface area (Å²) in [4.78, 5) is 22.6. The average Bonchev–Trinajstić information content (AvgIpc) is 2.65. The summed E-state index contributed by atoms with van der Waals surface area (Å²) in [5, 5.41) is 8.77. The van der Waals surface area contributed by atoms with Crippen LogP contribution in [0.25, 0.3) is 0 Å². The molecule has 17 heavy (non-hydrogen) atoms. The molecule has 0 atom stereocenters. The van der Waals surface area contributed by atoms with Gasteiger partial charge in [0, 0.05) is 24.4 Å². The molecular weight excluding hydrogens is 244 g/mol. The van der Waals surface area contributed by atoms with Crippen molar-refractivity contribution in [2.45, 2.75) is 26.3 Å². The number of aromatic nitrogens is 2. The maximum Gasteiger partial charge on any atom is 0.327 e. The molecule has 1 aromatic heterocycles. The van der Waals surface area contributed by atoms with Gasteiger partial charge >= 0.3 is 6.03 Å². The van der Waals surface area contributed by atoms with E-state index < -0.39 is 11.9 Å². The Bertz CT molecular complexity index is 403. The maximum absolute atomic E-state index is 11.4. The number of anilines is 1. The third-order valence-corrected chi connectivity index (χ3v) is 2.16. The average molecular weight is 259 g/mol. The molecule has 7 heteroatoms. The Morgan fingerprint density at radius 1 is 1.53 bits per heavy atom. The molecule has 0 saturated carbocycles. The fourth-order valence-corrected chi connectivity index (χ4v) is 1.42. The quantitative estimate of drug-likeness (QED) is 0.808. The van der Waals surface area contributed by atoms with Gasteiger partial charge in [0.25, 0.3) is 0 Å². The summed E-state index contributed by atoms with van der Waals surface area (Å²) in [5.74, 6) is 0.313. The molecule has 0 aromatic carbocycles. The van der Waals surface area contributed by atoms with Crippen LogP contribution in [0.1, 0.15) is 26.3 Å². The van der Waals surface area contributed by atoms with Crippen molar-refractivity contribution < 1.29 is 9.59 Å². The summed E-state index contributed by atoms with van der Waals surface area (Å²) in [6.07, 6.45) is 1.69.